The number of rotatable bonds is 8. The van der Waals surface area contributed by atoms with E-state index in [0.29, 0.717) is 12.8 Å². The molecule has 0 saturated carbocycles. The summed E-state index contributed by atoms with van der Waals surface area (Å²) in [5, 5.41) is 12.6. The summed E-state index contributed by atoms with van der Waals surface area (Å²) in [6.45, 7) is 2.15. The second-order valence-electron chi connectivity index (χ2n) is 3.33. The number of alkyl halides is 1. The predicted molar refractivity (Wildman–Crippen MR) is 61.6 cm³/mol. The maximum Gasteiger partial charge on any atom is 0.220 e. The molecule has 4 heteroatoms. The molecule has 1 amide bonds. The largest absolute Gasteiger partial charge is 0.396 e. The molecule has 0 heterocycles. The van der Waals surface area contributed by atoms with Gasteiger partial charge in [-0.3, -0.25) is 4.79 Å². The first-order valence-corrected chi connectivity index (χ1v) is 6.32. The summed E-state index contributed by atoms with van der Waals surface area (Å²) in [6, 6.07) is 0.136. The van der Waals surface area contributed by atoms with E-state index in [1.54, 1.807) is 0 Å². The number of unbranched alkanes of at least 4 members (excludes halogenated alkanes) is 1. The Balaban J connectivity index is 3.56. The Hall–Kier alpha value is -0.0900. The molecule has 0 aromatic rings. The van der Waals surface area contributed by atoms with Gasteiger partial charge in [-0.25, -0.2) is 0 Å². The molecule has 0 aliphatic heterocycles. The maximum absolute atomic E-state index is 11.4. The SMILES string of the molecule is CCC(CCO)NC(=O)CCCCBr. The van der Waals surface area contributed by atoms with Crippen LogP contribution in [0.15, 0.2) is 0 Å². The number of halogens is 1. The third-order valence-corrected chi connectivity index (χ3v) is 2.68. The summed E-state index contributed by atoms with van der Waals surface area (Å²) in [6.07, 6.45) is 4.08. The van der Waals surface area contributed by atoms with E-state index < -0.39 is 0 Å². The highest BCUT2D eigenvalue weighted by atomic mass is 79.9. The van der Waals surface area contributed by atoms with Crippen LogP contribution in [-0.4, -0.2) is 29.0 Å². The van der Waals surface area contributed by atoms with Gasteiger partial charge >= 0.3 is 0 Å². The van der Waals surface area contributed by atoms with Gasteiger partial charge < -0.3 is 10.4 Å². The van der Waals surface area contributed by atoms with Crippen molar-refractivity contribution in [3.05, 3.63) is 0 Å². The second kappa shape index (κ2) is 9.46. The molecule has 2 N–H and O–H groups in total. The van der Waals surface area contributed by atoms with Crippen LogP contribution in [0.2, 0.25) is 0 Å². The van der Waals surface area contributed by atoms with Crippen LogP contribution in [0.25, 0.3) is 0 Å². The molecule has 14 heavy (non-hydrogen) atoms. The van der Waals surface area contributed by atoms with E-state index in [0.717, 1.165) is 24.6 Å². The van der Waals surface area contributed by atoms with E-state index in [9.17, 15) is 4.79 Å². The third kappa shape index (κ3) is 7.33. The highest BCUT2D eigenvalue weighted by molar-refractivity contribution is 9.09. The van der Waals surface area contributed by atoms with Gasteiger partial charge in [0.15, 0.2) is 0 Å². The molecular weight excluding hydrogens is 246 g/mol. The molecule has 1 atom stereocenters. The molecule has 0 spiro atoms. The van der Waals surface area contributed by atoms with Gasteiger partial charge in [-0.15, -0.1) is 0 Å². The van der Waals surface area contributed by atoms with E-state index >= 15 is 0 Å². The fourth-order valence-corrected chi connectivity index (χ4v) is 1.61. The zero-order chi connectivity index (χ0) is 10.8. The van der Waals surface area contributed by atoms with Gasteiger partial charge in [-0.2, -0.15) is 0 Å². The molecular formula is C10H20BrNO2. The molecule has 0 bridgehead atoms. The minimum Gasteiger partial charge on any atom is -0.396 e. The monoisotopic (exact) mass is 265 g/mol. The zero-order valence-corrected chi connectivity index (χ0v) is 10.3. The standard InChI is InChI=1S/C10H20BrNO2/c1-2-9(6-8-13)12-10(14)5-3-4-7-11/h9,13H,2-8H2,1H3,(H,12,14). The Morgan fingerprint density at radius 3 is 2.71 bits per heavy atom. The van der Waals surface area contributed by atoms with Crippen LogP contribution in [0, 0.1) is 0 Å². The fourth-order valence-electron chi connectivity index (χ4n) is 1.21. The van der Waals surface area contributed by atoms with Crippen molar-refractivity contribution in [3.8, 4) is 0 Å². The summed E-state index contributed by atoms with van der Waals surface area (Å²) >= 11 is 3.32. The Morgan fingerprint density at radius 2 is 2.21 bits per heavy atom. The van der Waals surface area contributed by atoms with Gasteiger partial charge in [0.1, 0.15) is 0 Å². The lowest BCUT2D eigenvalue weighted by Crippen LogP contribution is -2.34. The molecule has 84 valence electrons. The van der Waals surface area contributed by atoms with Crippen LogP contribution in [0.5, 0.6) is 0 Å². The summed E-state index contributed by atoms with van der Waals surface area (Å²) in [7, 11) is 0. The van der Waals surface area contributed by atoms with E-state index in [1.807, 2.05) is 6.92 Å². The van der Waals surface area contributed by atoms with E-state index in [2.05, 4.69) is 21.2 Å². The summed E-state index contributed by atoms with van der Waals surface area (Å²) in [5.74, 6) is 0.103. The van der Waals surface area contributed by atoms with Gasteiger partial charge in [0.2, 0.25) is 5.91 Å². The Labute approximate surface area is 94.4 Å². The summed E-state index contributed by atoms with van der Waals surface area (Å²) < 4.78 is 0. The van der Waals surface area contributed by atoms with Crippen molar-refractivity contribution < 1.29 is 9.90 Å². The van der Waals surface area contributed by atoms with Crippen LogP contribution in [0.1, 0.15) is 39.0 Å². The molecule has 0 saturated heterocycles. The average Bonchev–Trinajstić information content (AvgIpc) is 2.17. The molecule has 0 radical (unpaired) electrons. The minimum absolute atomic E-state index is 0.103. The van der Waals surface area contributed by atoms with Gasteiger partial charge in [-0.1, -0.05) is 22.9 Å². The number of carbonyl (C=O) groups is 1. The van der Waals surface area contributed by atoms with Crippen LogP contribution in [0.4, 0.5) is 0 Å². The number of aliphatic hydroxyl groups excluding tert-OH is 1. The van der Waals surface area contributed by atoms with E-state index in [1.165, 1.54) is 0 Å². The lowest BCUT2D eigenvalue weighted by molar-refractivity contribution is -0.122. The first-order chi connectivity index (χ1) is 6.74. The number of carbonyl (C=O) groups excluding carboxylic acids is 1. The molecule has 0 aliphatic carbocycles. The quantitative estimate of drug-likeness (QED) is 0.520. The predicted octanol–water partition coefficient (Wildman–Crippen LogP) is 1.83. The van der Waals surface area contributed by atoms with Gasteiger partial charge in [0, 0.05) is 24.4 Å². The van der Waals surface area contributed by atoms with Crippen molar-refractivity contribution in [1.29, 1.82) is 0 Å². The number of hydrogen-bond acceptors (Lipinski definition) is 2. The van der Waals surface area contributed by atoms with Crippen molar-refractivity contribution in [2.75, 3.05) is 11.9 Å². The smallest absolute Gasteiger partial charge is 0.220 e. The van der Waals surface area contributed by atoms with Crippen molar-refractivity contribution >= 4 is 21.8 Å². The lowest BCUT2D eigenvalue weighted by atomic mass is 10.1. The fraction of sp³-hybridized carbons (Fsp3) is 0.900. The maximum atomic E-state index is 11.4. The van der Waals surface area contributed by atoms with Gasteiger partial charge in [-0.05, 0) is 25.7 Å². The molecule has 3 nitrogen and oxygen atoms in total. The van der Waals surface area contributed by atoms with E-state index in [4.69, 9.17) is 5.11 Å². The molecule has 0 aromatic heterocycles. The first-order valence-electron chi connectivity index (χ1n) is 5.20. The molecule has 0 aliphatic rings. The highest BCUT2D eigenvalue weighted by Gasteiger charge is 2.08. The Kier molecular flexibility index (Phi) is 9.40. The van der Waals surface area contributed by atoms with Crippen LogP contribution in [-0.2, 0) is 4.79 Å². The highest BCUT2D eigenvalue weighted by Crippen LogP contribution is 2.01. The number of nitrogens with one attached hydrogen (secondary N) is 1. The summed E-state index contributed by atoms with van der Waals surface area (Å²) in [5.41, 5.74) is 0. The van der Waals surface area contributed by atoms with Crippen LogP contribution in [0.3, 0.4) is 0 Å². The van der Waals surface area contributed by atoms with Crippen molar-refractivity contribution in [1.82, 2.24) is 5.32 Å². The first kappa shape index (κ1) is 13.9. The number of aliphatic hydroxyl groups is 1. The Bertz CT molecular complexity index is 153. The average molecular weight is 266 g/mol. The number of amides is 1. The second-order valence-corrected chi connectivity index (χ2v) is 4.12. The Morgan fingerprint density at radius 1 is 1.50 bits per heavy atom. The van der Waals surface area contributed by atoms with Crippen molar-refractivity contribution in [2.45, 2.75) is 45.1 Å². The molecule has 0 fully saturated rings. The summed E-state index contributed by atoms with van der Waals surface area (Å²) in [4.78, 5) is 11.4. The third-order valence-electron chi connectivity index (χ3n) is 2.12. The topological polar surface area (TPSA) is 49.3 Å². The number of hydrogen-bond donors (Lipinski definition) is 2. The van der Waals surface area contributed by atoms with Crippen LogP contribution >= 0.6 is 15.9 Å². The van der Waals surface area contributed by atoms with Crippen molar-refractivity contribution in [3.63, 3.8) is 0 Å². The van der Waals surface area contributed by atoms with Crippen molar-refractivity contribution in [2.24, 2.45) is 0 Å². The van der Waals surface area contributed by atoms with E-state index in [-0.39, 0.29) is 18.6 Å². The van der Waals surface area contributed by atoms with Gasteiger partial charge in [0.05, 0.1) is 0 Å². The molecule has 0 rings (SSSR count). The normalized spacial score (nSPS) is 12.5. The molecule has 1 unspecified atom stereocenters. The van der Waals surface area contributed by atoms with Crippen LogP contribution < -0.4 is 5.32 Å². The lowest BCUT2D eigenvalue weighted by Gasteiger charge is -2.15. The zero-order valence-electron chi connectivity index (χ0n) is 8.76. The van der Waals surface area contributed by atoms with Gasteiger partial charge in [0.25, 0.3) is 0 Å². The molecule has 0 aromatic carbocycles. The minimum atomic E-state index is 0.103.